The number of hydrogen-bond donors (Lipinski definition) is 0. The Kier molecular flexibility index (Phi) is 4.41. The topological polar surface area (TPSA) is 31.2 Å². The van der Waals surface area contributed by atoms with E-state index in [1.54, 1.807) is 66.2 Å². The number of carbonyl (C=O) groups excluding carboxylic acids is 1. The summed E-state index contributed by atoms with van der Waals surface area (Å²) in [5.41, 5.74) is -0.756. The molecule has 3 aromatic carbocycles. The Bertz CT molecular complexity index is 1330. The van der Waals surface area contributed by atoms with Crippen molar-refractivity contribution >= 4 is 16.9 Å². The van der Waals surface area contributed by atoms with Crippen LogP contribution in [0.1, 0.15) is 16.8 Å². The van der Waals surface area contributed by atoms with Crippen molar-refractivity contribution in [2.75, 3.05) is 0 Å². The molecule has 3 nitrogen and oxygen atoms in total. The zero-order valence-electron chi connectivity index (χ0n) is 16.9. The summed E-state index contributed by atoms with van der Waals surface area (Å²) in [7, 11) is 1.65. The summed E-state index contributed by atoms with van der Waals surface area (Å²) in [6.07, 6.45) is -4.94. The second-order valence-corrected chi connectivity index (χ2v) is 7.83. The van der Waals surface area contributed by atoms with E-state index >= 15 is 0 Å². The average Bonchev–Trinajstić information content (AvgIpc) is 3.05. The number of rotatable bonds is 2. The number of esters is 1. The Balaban J connectivity index is 2.02. The number of para-hydroxylation sites is 1. The van der Waals surface area contributed by atoms with Crippen molar-refractivity contribution in [1.29, 1.82) is 0 Å². The second-order valence-electron chi connectivity index (χ2n) is 7.83. The fourth-order valence-electron chi connectivity index (χ4n) is 4.94. The summed E-state index contributed by atoms with van der Waals surface area (Å²) in [5.74, 6) is -4.43. The molecule has 0 aliphatic carbocycles. The predicted octanol–water partition coefficient (Wildman–Crippen LogP) is 5.75. The lowest BCUT2D eigenvalue weighted by Crippen LogP contribution is -2.54. The van der Waals surface area contributed by atoms with E-state index in [1.807, 2.05) is 0 Å². The minimum atomic E-state index is -4.94. The van der Waals surface area contributed by atoms with Crippen LogP contribution in [-0.4, -0.2) is 16.7 Å². The third-order valence-electron chi connectivity index (χ3n) is 6.16. The molecule has 2 heterocycles. The minimum Gasteiger partial charge on any atom is -0.423 e. The Hall–Kier alpha value is -3.61. The van der Waals surface area contributed by atoms with E-state index in [9.17, 15) is 22.4 Å². The number of benzene rings is 3. The third-order valence-corrected chi connectivity index (χ3v) is 6.16. The summed E-state index contributed by atoms with van der Waals surface area (Å²) < 4.78 is 64.7. The average molecular weight is 439 g/mol. The fourth-order valence-corrected chi connectivity index (χ4v) is 4.94. The summed E-state index contributed by atoms with van der Waals surface area (Å²) >= 11 is 0. The van der Waals surface area contributed by atoms with E-state index in [-0.39, 0.29) is 22.6 Å². The van der Waals surface area contributed by atoms with E-state index in [1.165, 1.54) is 12.1 Å². The number of alkyl halides is 3. The van der Waals surface area contributed by atoms with Crippen molar-refractivity contribution in [2.45, 2.75) is 11.6 Å². The van der Waals surface area contributed by atoms with E-state index in [0.29, 0.717) is 10.9 Å². The highest BCUT2D eigenvalue weighted by molar-refractivity contribution is 5.96. The van der Waals surface area contributed by atoms with Crippen LogP contribution in [0.3, 0.4) is 0 Å². The van der Waals surface area contributed by atoms with Gasteiger partial charge in [0.05, 0.1) is 16.6 Å². The number of nitrogens with zero attached hydrogens (tertiary/aromatic N) is 1. The maximum Gasteiger partial charge on any atom is 0.403 e. The number of ether oxygens (including phenoxy) is 1. The van der Waals surface area contributed by atoms with Gasteiger partial charge in [-0.1, -0.05) is 54.6 Å². The number of hydrogen-bond acceptors (Lipinski definition) is 2. The van der Waals surface area contributed by atoms with Gasteiger partial charge in [0, 0.05) is 12.4 Å². The Morgan fingerprint density at radius 1 is 0.875 bits per heavy atom. The molecule has 0 amide bonds. The van der Waals surface area contributed by atoms with Gasteiger partial charge in [0.25, 0.3) is 0 Å². The van der Waals surface area contributed by atoms with Crippen LogP contribution in [-0.2, 0) is 17.3 Å². The SMILES string of the molecule is Cn1c2c(c3ccccc31)OC(=O)C(C(F)(F)F)C2(c1ccccc1)c1ccc(F)cc1. The van der Waals surface area contributed by atoms with Crippen LogP contribution < -0.4 is 4.74 Å². The Morgan fingerprint density at radius 2 is 1.47 bits per heavy atom. The molecule has 0 saturated heterocycles. The molecular formula is C25H17F4NO2. The first-order chi connectivity index (χ1) is 15.3. The number of carbonyl (C=O) groups is 1. The van der Waals surface area contributed by atoms with Gasteiger partial charge in [-0.3, -0.25) is 4.79 Å². The highest BCUT2D eigenvalue weighted by Crippen LogP contribution is 2.58. The van der Waals surface area contributed by atoms with Crippen molar-refractivity contribution < 1.29 is 27.1 Å². The maximum absolute atomic E-state index is 14.6. The van der Waals surface area contributed by atoms with Gasteiger partial charge in [0.2, 0.25) is 0 Å². The number of halogens is 4. The summed E-state index contributed by atoms with van der Waals surface area (Å²) in [6.45, 7) is 0. The highest BCUT2D eigenvalue weighted by atomic mass is 19.4. The molecule has 7 heteroatoms. The summed E-state index contributed by atoms with van der Waals surface area (Å²) in [4.78, 5) is 13.1. The lowest BCUT2D eigenvalue weighted by atomic mass is 9.62. The molecule has 2 unspecified atom stereocenters. The van der Waals surface area contributed by atoms with Crippen molar-refractivity contribution in [3.63, 3.8) is 0 Å². The van der Waals surface area contributed by atoms with Gasteiger partial charge in [-0.2, -0.15) is 13.2 Å². The van der Waals surface area contributed by atoms with Gasteiger partial charge in [-0.05, 0) is 35.4 Å². The van der Waals surface area contributed by atoms with Gasteiger partial charge < -0.3 is 9.30 Å². The van der Waals surface area contributed by atoms with Crippen LogP contribution in [0.4, 0.5) is 17.6 Å². The van der Waals surface area contributed by atoms with E-state index in [4.69, 9.17) is 4.74 Å². The molecule has 5 rings (SSSR count). The molecule has 0 radical (unpaired) electrons. The number of aryl methyl sites for hydroxylation is 1. The van der Waals surface area contributed by atoms with E-state index < -0.39 is 29.3 Å². The molecule has 2 atom stereocenters. The van der Waals surface area contributed by atoms with Gasteiger partial charge in [-0.25, -0.2) is 4.39 Å². The first kappa shape index (κ1) is 20.3. The van der Waals surface area contributed by atoms with Crippen LogP contribution in [0.25, 0.3) is 10.9 Å². The standard InChI is InChI=1S/C25H17F4NO2/c1-30-19-10-6-5-9-18(19)20-22(30)24(15-7-3-2-4-8-15,16-11-13-17(26)14-12-16)21(23(31)32-20)25(27,28)29/h2-14,21H,1H3. The van der Waals surface area contributed by atoms with Crippen molar-refractivity contribution in [2.24, 2.45) is 13.0 Å². The molecule has 1 aliphatic rings. The summed E-state index contributed by atoms with van der Waals surface area (Å²) in [5, 5.41) is 0.529. The molecule has 0 bridgehead atoms. The monoisotopic (exact) mass is 439 g/mol. The van der Waals surface area contributed by atoms with E-state index in [0.717, 1.165) is 12.1 Å². The first-order valence-electron chi connectivity index (χ1n) is 9.94. The van der Waals surface area contributed by atoms with Crippen LogP contribution in [0.5, 0.6) is 5.75 Å². The quantitative estimate of drug-likeness (QED) is 0.294. The molecule has 0 saturated carbocycles. The Morgan fingerprint density at radius 3 is 2.12 bits per heavy atom. The first-order valence-corrected chi connectivity index (χ1v) is 9.94. The molecule has 4 aromatic rings. The van der Waals surface area contributed by atoms with Crippen LogP contribution in [0, 0.1) is 11.7 Å². The molecule has 0 spiro atoms. The zero-order valence-corrected chi connectivity index (χ0v) is 16.9. The van der Waals surface area contributed by atoms with Gasteiger partial charge >= 0.3 is 12.1 Å². The Labute approximate surface area is 180 Å². The highest BCUT2D eigenvalue weighted by Gasteiger charge is 2.65. The summed E-state index contributed by atoms with van der Waals surface area (Å²) in [6, 6.07) is 19.8. The lowest BCUT2D eigenvalue weighted by Gasteiger charge is -2.44. The maximum atomic E-state index is 14.6. The molecule has 1 aromatic heterocycles. The number of aromatic nitrogens is 1. The molecule has 0 N–H and O–H groups in total. The van der Waals surface area contributed by atoms with Gasteiger partial charge in [0.15, 0.2) is 11.7 Å². The van der Waals surface area contributed by atoms with E-state index in [2.05, 4.69) is 0 Å². The minimum absolute atomic E-state index is 0.0850. The molecule has 0 fully saturated rings. The lowest BCUT2D eigenvalue weighted by molar-refractivity contribution is -0.203. The molecule has 162 valence electrons. The zero-order chi connectivity index (χ0) is 22.7. The van der Waals surface area contributed by atoms with Crippen LogP contribution >= 0.6 is 0 Å². The van der Waals surface area contributed by atoms with Crippen molar-refractivity contribution in [1.82, 2.24) is 4.57 Å². The van der Waals surface area contributed by atoms with Gasteiger partial charge in [-0.15, -0.1) is 0 Å². The molecule has 1 aliphatic heterocycles. The van der Waals surface area contributed by atoms with Crippen molar-refractivity contribution in [3.8, 4) is 5.75 Å². The smallest absolute Gasteiger partial charge is 0.403 e. The normalized spacial score (nSPS) is 20.8. The molecular weight excluding hydrogens is 422 g/mol. The van der Waals surface area contributed by atoms with Crippen LogP contribution in [0.2, 0.25) is 0 Å². The predicted molar refractivity (Wildman–Crippen MR) is 111 cm³/mol. The largest absolute Gasteiger partial charge is 0.423 e. The second kappa shape index (κ2) is 6.95. The third kappa shape index (κ3) is 2.70. The number of fused-ring (bicyclic) bond motifs is 3. The van der Waals surface area contributed by atoms with Crippen molar-refractivity contribution in [3.05, 3.63) is 102 Å². The van der Waals surface area contributed by atoms with Crippen LogP contribution in [0.15, 0.2) is 78.9 Å². The van der Waals surface area contributed by atoms with Gasteiger partial charge in [0.1, 0.15) is 5.82 Å². The molecule has 32 heavy (non-hydrogen) atoms. The fraction of sp³-hybridized carbons (Fsp3) is 0.160.